The van der Waals surface area contributed by atoms with Crippen LogP contribution in [0.1, 0.15) is 28.7 Å². The lowest BCUT2D eigenvalue weighted by atomic mass is 9.66. The number of hydrogen-bond acceptors (Lipinski definition) is 13. The molecule has 222 valence electrons. The number of aliphatic hydroxyl groups excluding tert-OH is 4. The first-order chi connectivity index (χ1) is 19.8. The zero-order chi connectivity index (χ0) is 29.0. The predicted molar refractivity (Wildman–Crippen MR) is 136 cm³/mol. The van der Waals surface area contributed by atoms with Crippen molar-refractivity contribution in [1.82, 2.24) is 0 Å². The number of carbonyl (C=O) groups excluding carboxylic acids is 1. The fourth-order valence-corrected chi connectivity index (χ4v) is 6.29. The minimum absolute atomic E-state index is 0.0141. The van der Waals surface area contributed by atoms with Crippen LogP contribution < -0.4 is 23.7 Å². The van der Waals surface area contributed by atoms with E-state index in [1.54, 1.807) is 24.3 Å². The zero-order valence-electron chi connectivity index (χ0n) is 22.6. The van der Waals surface area contributed by atoms with Gasteiger partial charge in [0.15, 0.2) is 29.3 Å². The van der Waals surface area contributed by atoms with Crippen molar-refractivity contribution in [3.8, 4) is 28.7 Å². The maximum Gasteiger partial charge on any atom is 0.310 e. The summed E-state index contributed by atoms with van der Waals surface area (Å²) in [6, 6.07) is 7.11. The van der Waals surface area contributed by atoms with E-state index in [1.807, 2.05) is 0 Å². The maximum atomic E-state index is 13.4. The molecular weight excluding hydrogens is 544 g/mol. The minimum Gasteiger partial charge on any atom is -0.493 e. The molecule has 4 N–H and O–H groups in total. The number of esters is 1. The first-order valence-electron chi connectivity index (χ1n) is 13.2. The average molecular weight is 577 g/mol. The van der Waals surface area contributed by atoms with Crippen LogP contribution in [0.25, 0.3) is 0 Å². The van der Waals surface area contributed by atoms with Gasteiger partial charge in [0.2, 0.25) is 12.5 Å². The molecule has 2 fully saturated rings. The van der Waals surface area contributed by atoms with E-state index in [0.717, 1.165) is 0 Å². The summed E-state index contributed by atoms with van der Waals surface area (Å²) in [4.78, 5) is 13.4. The van der Waals surface area contributed by atoms with E-state index in [-0.39, 0.29) is 13.4 Å². The molecule has 2 saturated heterocycles. The molecule has 6 rings (SSSR count). The quantitative estimate of drug-likeness (QED) is 0.331. The van der Waals surface area contributed by atoms with Crippen LogP contribution in [-0.4, -0.2) is 98.4 Å². The van der Waals surface area contributed by atoms with Crippen LogP contribution in [0.4, 0.5) is 0 Å². The third-order valence-electron chi connectivity index (χ3n) is 8.29. The Morgan fingerprint density at radius 3 is 2.12 bits per heavy atom. The van der Waals surface area contributed by atoms with Gasteiger partial charge in [-0.3, -0.25) is 4.79 Å². The molecule has 2 aromatic carbocycles. The van der Waals surface area contributed by atoms with Gasteiger partial charge in [0, 0.05) is 11.8 Å². The summed E-state index contributed by atoms with van der Waals surface area (Å²) >= 11 is 0. The number of methoxy groups -OCH3 is 3. The number of fused-ring (bicyclic) bond motifs is 3. The zero-order valence-corrected chi connectivity index (χ0v) is 22.6. The molecule has 0 unspecified atom stereocenters. The van der Waals surface area contributed by atoms with Crippen LogP contribution in [-0.2, 0) is 19.0 Å². The van der Waals surface area contributed by atoms with Gasteiger partial charge >= 0.3 is 5.97 Å². The molecule has 0 spiro atoms. The average Bonchev–Trinajstić information content (AvgIpc) is 3.61. The number of cyclic esters (lactones) is 1. The van der Waals surface area contributed by atoms with Gasteiger partial charge in [-0.05, 0) is 41.0 Å². The Bertz CT molecular complexity index is 1290. The number of ether oxygens (including phenoxy) is 8. The number of benzene rings is 2. The summed E-state index contributed by atoms with van der Waals surface area (Å²) in [6.07, 6.45) is -8.26. The molecule has 0 aromatic heterocycles. The molecule has 3 heterocycles. The molecule has 3 aliphatic heterocycles. The van der Waals surface area contributed by atoms with Gasteiger partial charge < -0.3 is 58.3 Å². The molecule has 4 aliphatic rings. The number of aliphatic hydroxyl groups is 4. The normalized spacial score (nSPS) is 33.5. The molecule has 0 saturated carbocycles. The highest BCUT2D eigenvalue weighted by Gasteiger charge is 2.55. The molecule has 41 heavy (non-hydrogen) atoms. The summed E-state index contributed by atoms with van der Waals surface area (Å²) in [5, 5.41) is 41.0. The van der Waals surface area contributed by atoms with E-state index in [2.05, 4.69) is 0 Å². The Morgan fingerprint density at radius 2 is 1.51 bits per heavy atom. The van der Waals surface area contributed by atoms with Crippen LogP contribution >= 0.6 is 0 Å². The largest absolute Gasteiger partial charge is 0.493 e. The van der Waals surface area contributed by atoms with Crippen molar-refractivity contribution in [1.29, 1.82) is 0 Å². The van der Waals surface area contributed by atoms with Gasteiger partial charge in [0.25, 0.3) is 0 Å². The summed E-state index contributed by atoms with van der Waals surface area (Å²) in [5.41, 5.74) is 2.00. The second kappa shape index (κ2) is 10.8. The Morgan fingerprint density at radius 1 is 0.854 bits per heavy atom. The number of hydrogen-bond donors (Lipinski definition) is 4. The van der Waals surface area contributed by atoms with Crippen LogP contribution in [0.15, 0.2) is 24.3 Å². The van der Waals surface area contributed by atoms with Gasteiger partial charge in [-0.25, -0.2) is 0 Å². The molecule has 13 nitrogen and oxygen atoms in total. The van der Waals surface area contributed by atoms with Gasteiger partial charge in [-0.2, -0.15) is 0 Å². The highest BCUT2D eigenvalue weighted by molar-refractivity contribution is 5.79. The number of rotatable bonds is 7. The minimum atomic E-state index is -1.63. The van der Waals surface area contributed by atoms with E-state index < -0.39 is 67.1 Å². The lowest BCUT2D eigenvalue weighted by Crippen LogP contribution is -2.59. The first-order valence-corrected chi connectivity index (χ1v) is 13.2. The molecule has 0 bridgehead atoms. The Labute approximate surface area is 235 Å². The standard InChI is InChI=1S/C28H32O13/c1-34-17-4-11(5-18(35-2)26(17)36-3)20-12-6-15-16(39-10-38-15)7-13(12)25(14-9-37-27(33)21(14)20)41-28-24(32)23(31)22(30)19(8-29)40-28/h4-7,14,19-25,28-32H,8-10H2,1-3H3/t14-,19+,20+,21+,22-,23-,24-,25+,28+/m1/s1. The Balaban J connectivity index is 1.49. The van der Waals surface area contributed by atoms with E-state index in [1.165, 1.54) is 21.3 Å². The maximum absolute atomic E-state index is 13.4. The third-order valence-corrected chi connectivity index (χ3v) is 8.29. The van der Waals surface area contributed by atoms with Crippen LogP contribution in [0.3, 0.4) is 0 Å². The smallest absolute Gasteiger partial charge is 0.310 e. The van der Waals surface area contributed by atoms with E-state index >= 15 is 0 Å². The summed E-state index contributed by atoms with van der Waals surface area (Å²) in [5.74, 6) is -0.112. The monoisotopic (exact) mass is 576 g/mol. The van der Waals surface area contributed by atoms with E-state index in [9.17, 15) is 25.2 Å². The van der Waals surface area contributed by atoms with Crippen LogP contribution in [0.5, 0.6) is 28.7 Å². The lowest BCUT2D eigenvalue weighted by Gasteiger charge is -2.44. The van der Waals surface area contributed by atoms with Crippen molar-refractivity contribution < 1.29 is 63.1 Å². The van der Waals surface area contributed by atoms with Gasteiger partial charge in [-0.1, -0.05) is 0 Å². The topological polar surface area (TPSA) is 172 Å². The fourth-order valence-electron chi connectivity index (χ4n) is 6.29. The van der Waals surface area contributed by atoms with Crippen molar-refractivity contribution in [2.45, 2.75) is 42.7 Å². The van der Waals surface area contributed by atoms with Crippen molar-refractivity contribution in [3.05, 3.63) is 41.0 Å². The molecule has 13 heteroatoms. The Hall–Kier alpha value is -3.33. The second-order valence-electron chi connectivity index (χ2n) is 10.3. The summed E-state index contributed by atoms with van der Waals surface area (Å²) < 4.78 is 45.5. The second-order valence-corrected chi connectivity index (χ2v) is 10.3. The molecule has 1 aliphatic carbocycles. The summed E-state index contributed by atoms with van der Waals surface area (Å²) in [7, 11) is 4.51. The lowest BCUT2D eigenvalue weighted by molar-refractivity contribution is -0.317. The highest BCUT2D eigenvalue weighted by atomic mass is 16.7. The molecule has 9 atom stereocenters. The third kappa shape index (κ3) is 4.44. The predicted octanol–water partition coefficient (Wildman–Crippen LogP) is 0.233. The highest BCUT2D eigenvalue weighted by Crippen LogP contribution is 2.57. The Kier molecular flexibility index (Phi) is 7.34. The molecule has 0 radical (unpaired) electrons. The van der Waals surface area contributed by atoms with Gasteiger partial charge in [0.1, 0.15) is 24.4 Å². The fraction of sp³-hybridized carbons (Fsp3) is 0.536. The molecule has 0 amide bonds. The summed E-state index contributed by atoms with van der Waals surface area (Å²) in [6.45, 7) is -0.581. The van der Waals surface area contributed by atoms with Crippen molar-refractivity contribution in [2.24, 2.45) is 11.8 Å². The van der Waals surface area contributed by atoms with E-state index in [0.29, 0.717) is 45.4 Å². The molecule has 2 aromatic rings. The van der Waals surface area contributed by atoms with Gasteiger partial charge in [-0.15, -0.1) is 0 Å². The van der Waals surface area contributed by atoms with Crippen molar-refractivity contribution in [2.75, 3.05) is 41.3 Å². The van der Waals surface area contributed by atoms with Gasteiger partial charge in [0.05, 0.1) is 46.6 Å². The van der Waals surface area contributed by atoms with Crippen LogP contribution in [0.2, 0.25) is 0 Å². The molecular formula is C28H32O13. The first kappa shape index (κ1) is 27.8. The van der Waals surface area contributed by atoms with Crippen molar-refractivity contribution in [3.63, 3.8) is 0 Å². The van der Waals surface area contributed by atoms with Crippen LogP contribution in [0, 0.1) is 11.8 Å². The SMILES string of the molecule is COc1cc([C@H]2c3cc4c(cc3[C@H](O[C@@H]3O[C@@H](CO)[C@@H](O)[C@@H](O)[C@H]3O)[C@@H]3COC(=O)[C@H]23)OCO4)cc(OC)c1OC. The number of carbonyl (C=O) groups is 1. The van der Waals surface area contributed by atoms with E-state index in [4.69, 9.17) is 37.9 Å². The van der Waals surface area contributed by atoms with Crippen molar-refractivity contribution >= 4 is 5.97 Å².